The van der Waals surface area contributed by atoms with Gasteiger partial charge in [-0.05, 0) is 44.0 Å². The van der Waals surface area contributed by atoms with Crippen LogP contribution in [0.15, 0.2) is 18.2 Å². The van der Waals surface area contributed by atoms with Gasteiger partial charge in [-0.3, -0.25) is 0 Å². The Bertz CT molecular complexity index is 386. The van der Waals surface area contributed by atoms with Gasteiger partial charge >= 0.3 is 0 Å². The lowest BCUT2D eigenvalue weighted by atomic mass is 10.2. The van der Waals surface area contributed by atoms with Gasteiger partial charge in [0.2, 0.25) is 0 Å². The molecule has 0 aliphatic heterocycles. The number of rotatable bonds is 4. The highest BCUT2D eigenvalue weighted by Crippen LogP contribution is 2.27. The van der Waals surface area contributed by atoms with E-state index in [-0.39, 0.29) is 11.9 Å². The van der Waals surface area contributed by atoms with Crippen molar-refractivity contribution >= 4 is 11.6 Å². The van der Waals surface area contributed by atoms with E-state index in [4.69, 9.17) is 16.3 Å². The molecule has 1 aromatic carbocycles. The zero-order valence-electron chi connectivity index (χ0n) is 9.88. The molecule has 0 bridgehead atoms. The fourth-order valence-electron chi connectivity index (χ4n) is 2.30. The molecule has 0 spiro atoms. The molecular weight excluding hydrogens is 241 g/mol. The van der Waals surface area contributed by atoms with Crippen molar-refractivity contribution in [3.8, 4) is 5.75 Å². The van der Waals surface area contributed by atoms with Crippen LogP contribution in [0.4, 0.5) is 4.39 Å². The van der Waals surface area contributed by atoms with Gasteiger partial charge in [0.25, 0.3) is 0 Å². The third-order valence-electron chi connectivity index (χ3n) is 3.09. The second kappa shape index (κ2) is 5.69. The molecule has 0 amide bonds. The van der Waals surface area contributed by atoms with Gasteiger partial charge in [0.1, 0.15) is 6.10 Å². The van der Waals surface area contributed by atoms with Crippen LogP contribution in [-0.2, 0) is 0 Å². The third-order valence-corrected chi connectivity index (χ3v) is 3.33. The SMILES string of the molecule is CCNC1CCCC1Oc1ccc(Cl)cc1F. The van der Waals surface area contributed by atoms with Crippen molar-refractivity contribution in [1.82, 2.24) is 5.32 Å². The van der Waals surface area contributed by atoms with Crippen LogP contribution in [0.25, 0.3) is 0 Å². The minimum Gasteiger partial charge on any atom is -0.486 e. The molecule has 1 aromatic rings. The molecule has 0 heterocycles. The fraction of sp³-hybridized carbons (Fsp3) is 0.538. The molecular formula is C13H17ClFNO. The topological polar surface area (TPSA) is 21.3 Å². The Balaban J connectivity index is 2.04. The molecule has 1 aliphatic carbocycles. The van der Waals surface area contributed by atoms with Gasteiger partial charge < -0.3 is 10.1 Å². The molecule has 0 aromatic heterocycles. The van der Waals surface area contributed by atoms with Crippen LogP contribution in [0.1, 0.15) is 26.2 Å². The normalized spacial score (nSPS) is 23.9. The van der Waals surface area contributed by atoms with Gasteiger partial charge in [-0.15, -0.1) is 0 Å². The first-order valence-electron chi connectivity index (χ1n) is 6.05. The summed E-state index contributed by atoms with van der Waals surface area (Å²) in [7, 11) is 0. The van der Waals surface area contributed by atoms with Crippen LogP contribution in [-0.4, -0.2) is 18.7 Å². The van der Waals surface area contributed by atoms with Gasteiger partial charge in [0, 0.05) is 11.1 Å². The Labute approximate surface area is 106 Å². The summed E-state index contributed by atoms with van der Waals surface area (Å²) in [5.74, 6) is -0.0937. The zero-order valence-corrected chi connectivity index (χ0v) is 10.6. The van der Waals surface area contributed by atoms with E-state index in [1.807, 2.05) is 0 Å². The highest BCUT2D eigenvalue weighted by molar-refractivity contribution is 6.30. The van der Waals surface area contributed by atoms with E-state index in [9.17, 15) is 4.39 Å². The predicted octanol–water partition coefficient (Wildman–Crippen LogP) is 3.39. The van der Waals surface area contributed by atoms with Crippen molar-refractivity contribution in [1.29, 1.82) is 0 Å². The maximum absolute atomic E-state index is 13.6. The summed E-state index contributed by atoms with van der Waals surface area (Å²) in [6, 6.07) is 4.86. The number of nitrogens with one attached hydrogen (secondary N) is 1. The Kier molecular flexibility index (Phi) is 4.24. The zero-order chi connectivity index (χ0) is 12.3. The highest BCUT2D eigenvalue weighted by atomic mass is 35.5. The largest absolute Gasteiger partial charge is 0.486 e. The average molecular weight is 258 g/mol. The van der Waals surface area contributed by atoms with Gasteiger partial charge in [0.15, 0.2) is 11.6 Å². The molecule has 1 aliphatic rings. The van der Waals surface area contributed by atoms with Crippen molar-refractivity contribution in [3.63, 3.8) is 0 Å². The Morgan fingerprint density at radius 2 is 2.29 bits per heavy atom. The molecule has 4 heteroatoms. The summed E-state index contributed by atoms with van der Waals surface area (Å²) in [5, 5.41) is 3.77. The van der Waals surface area contributed by atoms with Crippen molar-refractivity contribution < 1.29 is 9.13 Å². The van der Waals surface area contributed by atoms with Gasteiger partial charge in [-0.2, -0.15) is 0 Å². The van der Waals surface area contributed by atoms with Gasteiger partial charge in [-0.25, -0.2) is 4.39 Å². The van der Waals surface area contributed by atoms with Gasteiger partial charge in [-0.1, -0.05) is 18.5 Å². The van der Waals surface area contributed by atoms with Crippen LogP contribution in [0.3, 0.4) is 0 Å². The molecule has 0 saturated heterocycles. The molecule has 2 rings (SSSR count). The molecule has 1 N–H and O–H groups in total. The fourth-order valence-corrected chi connectivity index (χ4v) is 2.46. The van der Waals surface area contributed by atoms with Crippen molar-refractivity contribution in [2.75, 3.05) is 6.54 Å². The monoisotopic (exact) mass is 257 g/mol. The average Bonchev–Trinajstić information content (AvgIpc) is 2.71. The van der Waals surface area contributed by atoms with Crippen LogP contribution in [0, 0.1) is 5.82 Å². The van der Waals surface area contributed by atoms with Crippen LogP contribution < -0.4 is 10.1 Å². The van der Waals surface area contributed by atoms with E-state index in [1.165, 1.54) is 6.07 Å². The Morgan fingerprint density at radius 3 is 3.00 bits per heavy atom. The second-order valence-electron chi connectivity index (χ2n) is 4.33. The van der Waals surface area contributed by atoms with E-state index in [0.29, 0.717) is 16.8 Å². The molecule has 2 atom stereocenters. The minimum atomic E-state index is -0.389. The molecule has 1 fully saturated rings. The minimum absolute atomic E-state index is 0.0608. The molecule has 2 unspecified atom stereocenters. The molecule has 2 nitrogen and oxygen atoms in total. The maximum Gasteiger partial charge on any atom is 0.166 e. The number of hydrogen-bond acceptors (Lipinski definition) is 2. The quantitative estimate of drug-likeness (QED) is 0.893. The van der Waals surface area contributed by atoms with Crippen molar-refractivity contribution in [3.05, 3.63) is 29.0 Å². The number of ether oxygens (including phenoxy) is 1. The number of benzene rings is 1. The molecule has 17 heavy (non-hydrogen) atoms. The first kappa shape index (κ1) is 12.7. The Morgan fingerprint density at radius 1 is 1.47 bits per heavy atom. The van der Waals surface area contributed by atoms with E-state index >= 15 is 0 Å². The Hall–Kier alpha value is -0.800. The lowest BCUT2D eigenvalue weighted by Crippen LogP contribution is -2.38. The summed E-state index contributed by atoms with van der Waals surface area (Å²) in [4.78, 5) is 0. The highest BCUT2D eigenvalue weighted by Gasteiger charge is 2.28. The standard InChI is InChI=1S/C13H17ClFNO/c1-2-16-11-4-3-5-13(11)17-12-7-6-9(14)8-10(12)15/h6-8,11,13,16H,2-5H2,1H3. The molecule has 1 saturated carbocycles. The summed E-state index contributed by atoms with van der Waals surface area (Å²) in [5.41, 5.74) is 0. The third kappa shape index (κ3) is 3.11. The summed E-state index contributed by atoms with van der Waals surface area (Å²) in [6.45, 7) is 2.98. The molecule has 0 radical (unpaired) electrons. The predicted molar refractivity (Wildman–Crippen MR) is 67.1 cm³/mol. The smallest absolute Gasteiger partial charge is 0.166 e. The first-order chi connectivity index (χ1) is 8.20. The van der Waals surface area contributed by atoms with E-state index < -0.39 is 0 Å². The lowest BCUT2D eigenvalue weighted by molar-refractivity contribution is 0.168. The van der Waals surface area contributed by atoms with Crippen molar-refractivity contribution in [2.24, 2.45) is 0 Å². The lowest BCUT2D eigenvalue weighted by Gasteiger charge is -2.22. The maximum atomic E-state index is 13.6. The van der Waals surface area contributed by atoms with Crippen molar-refractivity contribution in [2.45, 2.75) is 38.3 Å². The van der Waals surface area contributed by atoms with Crippen LogP contribution in [0.5, 0.6) is 5.75 Å². The van der Waals surface area contributed by atoms with E-state index in [0.717, 1.165) is 25.8 Å². The van der Waals surface area contributed by atoms with Crippen LogP contribution >= 0.6 is 11.6 Å². The number of likely N-dealkylation sites (N-methyl/N-ethyl adjacent to an activating group) is 1. The second-order valence-corrected chi connectivity index (χ2v) is 4.76. The molecule has 94 valence electrons. The number of hydrogen-bond donors (Lipinski definition) is 1. The van der Waals surface area contributed by atoms with Gasteiger partial charge in [0.05, 0.1) is 0 Å². The van der Waals surface area contributed by atoms with Crippen LogP contribution in [0.2, 0.25) is 5.02 Å². The van der Waals surface area contributed by atoms with E-state index in [1.54, 1.807) is 12.1 Å². The summed E-state index contributed by atoms with van der Waals surface area (Å²) in [6.07, 6.45) is 3.25. The summed E-state index contributed by atoms with van der Waals surface area (Å²) < 4.78 is 19.3. The summed E-state index contributed by atoms with van der Waals surface area (Å²) >= 11 is 5.70. The van der Waals surface area contributed by atoms with E-state index in [2.05, 4.69) is 12.2 Å². The first-order valence-corrected chi connectivity index (χ1v) is 6.43. The number of halogens is 2.